The minimum atomic E-state index is -0.677. The SMILES string of the molecule is CC(C)Oc1nc2nc(C34COC(CF)(C3)C4)cn2cc1C(=O)Nc1cccn(C2CC2)c1=O. The molecule has 1 N–H and O–H groups in total. The summed E-state index contributed by atoms with van der Waals surface area (Å²) >= 11 is 0. The Morgan fingerprint density at radius 1 is 1.32 bits per heavy atom. The van der Waals surface area contributed by atoms with Crippen molar-refractivity contribution in [2.24, 2.45) is 0 Å². The minimum Gasteiger partial charge on any atom is -0.474 e. The molecule has 0 unspecified atom stereocenters. The van der Waals surface area contributed by atoms with E-state index in [1.54, 1.807) is 33.5 Å². The molecule has 3 aromatic heterocycles. The lowest BCUT2D eigenvalue weighted by Gasteiger charge is -2.41. The normalized spacial score (nSPS) is 25.5. The van der Waals surface area contributed by atoms with Crippen LogP contribution in [0.5, 0.6) is 5.88 Å². The Balaban J connectivity index is 1.35. The smallest absolute Gasteiger partial charge is 0.274 e. The van der Waals surface area contributed by atoms with Crippen LogP contribution in [-0.2, 0) is 10.2 Å². The first kappa shape index (κ1) is 21.3. The van der Waals surface area contributed by atoms with Gasteiger partial charge in [0, 0.05) is 30.0 Å². The topological polar surface area (TPSA) is 99.8 Å². The van der Waals surface area contributed by atoms with Crippen molar-refractivity contribution in [3.05, 3.63) is 52.3 Å². The second-order valence-corrected chi connectivity index (χ2v) is 10.0. The highest BCUT2D eigenvalue weighted by Crippen LogP contribution is 2.58. The van der Waals surface area contributed by atoms with Gasteiger partial charge in [0.1, 0.15) is 17.9 Å². The molecule has 5 heterocycles. The maximum atomic E-state index is 13.4. The van der Waals surface area contributed by atoms with E-state index in [9.17, 15) is 14.0 Å². The number of pyridine rings is 1. The number of hydrogen-bond donors (Lipinski definition) is 1. The highest BCUT2D eigenvalue weighted by atomic mass is 19.1. The van der Waals surface area contributed by atoms with Crippen LogP contribution in [0.4, 0.5) is 10.1 Å². The second kappa shape index (κ2) is 7.36. The van der Waals surface area contributed by atoms with Gasteiger partial charge in [-0.1, -0.05) is 0 Å². The summed E-state index contributed by atoms with van der Waals surface area (Å²) in [5, 5.41) is 2.73. The molecule has 2 bridgehead atoms. The van der Waals surface area contributed by atoms with Crippen LogP contribution in [0.25, 0.3) is 5.78 Å². The number of hydrogen-bond acceptors (Lipinski definition) is 6. The molecule has 2 saturated carbocycles. The third-order valence-electron chi connectivity index (χ3n) is 6.93. The number of halogens is 1. The monoisotopic (exact) mass is 467 g/mol. The Bertz CT molecular complexity index is 1350. The molecule has 9 nitrogen and oxygen atoms in total. The zero-order valence-electron chi connectivity index (χ0n) is 19.1. The van der Waals surface area contributed by atoms with Crippen LogP contribution in [0.2, 0.25) is 0 Å². The molecule has 0 spiro atoms. The Morgan fingerprint density at radius 3 is 2.79 bits per heavy atom. The van der Waals surface area contributed by atoms with Gasteiger partial charge in [-0.15, -0.1) is 0 Å². The Labute approximate surface area is 194 Å². The number of fused-ring (bicyclic) bond motifs is 2. The van der Waals surface area contributed by atoms with Crippen molar-refractivity contribution >= 4 is 17.4 Å². The van der Waals surface area contributed by atoms with E-state index in [0.717, 1.165) is 18.5 Å². The Hall–Kier alpha value is -3.27. The summed E-state index contributed by atoms with van der Waals surface area (Å²) in [4.78, 5) is 35.2. The number of rotatable bonds is 7. The average molecular weight is 468 g/mol. The molecule has 34 heavy (non-hydrogen) atoms. The van der Waals surface area contributed by atoms with Crippen LogP contribution >= 0.6 is 0 Å². The van der Waals surface area contributed by atoms with Gasteiger partial charge in [0.05, 0.1) is 24.0 Å². The van der Waals surface area contributed by atoms with E-state index in [-0.39, 0.29) is 40.3 Å². The van der Waals surface area contributed by atoms with E-state index in [0.29, 0.717) is 25.2 Å². The van der Waals surface area contributed by atoms with Gasteiger partial charge in [0.2, 0.25) is 11.7 Å². The molecular weight excluding hydrogens is 441 g/mol. The molecule has 7 rings (SSSR count). The lowest BCUT2D eigenvalue weighted by molar-refractivity contribution is -0.0235. The number of nitrogens with one attached hydrogen (secondary N) is 1. The quantitative estimate of drug-likeness (QED) is 0.573. The fourth-order valence-electron chi connectivity index (χ4n) is 5.13. The van der Waals surface area contributed by atoms with E-state index in [1.807, 2.05) is 20.0 Å². The summed E-state index contributed by atoms with van der Waals surface area (Å²) in [6.07, 6.45) is 8.05. The number of carbonyl (C=O) groups excluding carboxylic acids is 1. The molecule has 10 heteroatoms. The van der Waals surface area contributed by atoms with Gasteiger partial charge < -0.3 is 19.4 Å². The van der Waals surface area contributed by atoms with Gasteiger partial charge in [-0.25, -0.2) is 9.37 Å². The lowest BCUT2D eigenvalue weighted by atomic mass is 9.61. The van der Waals surface area contributed by atoms with Gasteiger partial charge >= 0.3 is 0 Å². The molecule has 0 radical (unpaired) electrons. The molecule has 3 aromatic rings. The number of alkyl halides is 1. The van der Waals surface area contributed by atoms with Crippen molar-refractivity contribution in [2.45, 2.75) is 62.7 Å². The van der Waals surface area contributed by atoms with Crippen molar-refractivity contribution in [2.75, 3.05) is 18.6 Å². The number of amides is 1. The van der Waals surface area contributed by atoms with Crippen LogP contribution in [0, 0.1) is 0 Å². The number of nitrogens with zero attached hydrogens (tertiary/aromatic N) is 4. The maximum Gasteiger partial charge on any atom is 0.274 e. The average Bonchev–Trinajstić information content (AvgIpc) is 3.26. The van der Waals surface area contributed by atoms with Gasteiger partial charge in [0.15, 0.2) is 0 Å². The molecule has 2 saturated heterocycles. The van der Waals surface area contributed by atoms with Crippen LogP contribution in [0.1, 0.15) is 61.6 Å². The van der Waals surface area contributed by atoms with E-state index in [2.05, 4.69) is 15.3 Å². The molecule has 0 atom stereocenters. The summed E-state index contributed by atoms with van der Waals surface area (Å²) in [5.41, 5.74) is -0.0588. The Morgan fingerprint density at radius 2 is 2.12 bits per heavy atom. The summed E-state index contributed by atoms with van der Waals surface area (Å²) < 4.78 is 28.2. The van der Waals surface area contributed by atoms with Crippen molar-refractivity contribution in [3.8, 4) is 5.88 Å². The summed E-state index contributed by atoms with van der Waals surface area (Å²) in [7, 11) is 0. The van der Waals surface area contributed by atoms with Crippen LogP contribution < -0.4 is 15.6 Å². The third kappa shape index (κ3) is 3.31. The summed E-state index contributed by atoms with van der Waals surface area (Å²) in [5.74, 6) is 0.0351. The highest BCUT2D eigenvalue weighted by molar-refractivity contribution is 6.05. The third-order valence-corrected chi connectivity index (χ3v) is 6.93. The predicted molar refractivity (Wildman–Crippen MR) is 121 cm³/mol. The van der Waals surface area contributed by atoms with Crippen molar-refractivity contribution < 1.29 is 18.7 Å². The fourth-order valence-corrected chi connectivity index (χ4v) is 5.13. The summed E-state index contributed by atoms with van der Waals surface area (Å²) in [6.45, 7) is 3.61. The van der Waals surface area contributed by atoms with Crippen molar-refractivity contribution in [1.82, 2.24) is 18.9 Å². The first-order valence-corrected chi connectivity index (χ1v) is 11.6. The molecule has 4 fully saturated rings. The van der Waals surface area contributed by atoms with E-state index in [1.165, 1.54) is 0 Å². The number of ether oxygens (including phenoxy) is 2. The predicted octanol–water partition coefficient (Wildman–Crippen LogP) is 3.04. The molecule has 4 aliphatic rings. The molecule has 2 aliphatic carbocycles. The van der Waals surface area contributed by atoms with Gasteiger partial charge in [-0.05, 0) is 51.7 Å². The van der Waals surface area contributed by atoms with Crippen LogP contribution in [0.15, 0.2) is 35.5 Å². The molecule has 1 amide bonds. The summed E-state index contributed by atoms with van der Waals surface area (Å²) in [6, 6.07) is 3.55. The minimum absolute atomic E-state index is 0.141. The highest BCUT2D eigenvalue weighted by Gasteiger charge is 2.64. The molecule has 178 valence electrons. The Kier molecular flexibility index (Phi) is 4.61. The van der Waals surface area contributed by atoms with E-state index in [4.69, 9.17) is 9.47 Å². The second-order valence-electron chi connectivity index (χ2n) is 10.0. The number of anilines is 1. The number of carbonyl (C=O) groups is 1. The van der Waals surface area contributed by atoms with Crippen LogP contribution in [-0.4, -0.2) is 49.8 Å². The van der Waals surface area contributed by atoms with Crippen molar-refractivity contribution in [1.29, 1.82) is 0 Å². The zero-order valence-corrected chi connectivity index (χ0v) is 19.1. The molecule has 0 aromatic carbocycles. The van der Waals surface area contributed by atoms with Crippen LogP contribution in [0.3, 0.4) is 0 Å². The zero-order chi connectivity index (χ0) is 23.7. The van der Waals surface area contributed by atoms with Crippen molar-refractivity contribution in [3.63, 3.8) is 0 Å². The lowest BCUT2D eigenvalue weighted by Crippen LogP contribution is -2.48. The molecule has 2 aliphatic heterocycles. The van der Waals surface area contributed by atoms with Gasteiger partial charge in [0.25, 0.3) is 11.5 Å². The standard InChI is InChI=1S/C24H26FN5O4/c1-14(2)34-20-16(19(31)26-17-4-3-7-30(21(17)32)15-5-6-15)8-29-9-18(27-22(29)28-20)23-10-24(11-23,12-25)33-13-23/h3-4,7-9,14-15H,5-6,10-13H2,1-2H3,(H,26,31). The number of imidazole rings is 1. The fraction of sp³-hybridized carbons (Fsp3) is 0.500. The first-order valence-electron chi connectivity index (χ1n) is 11.6. The molecular formula is C24H26FN5O4. The van der Waals surface area contributed by atoms with Gasteiger partial charge in [-0.2, -0.15) is 4.98 Å². The maximum absolute atomic E-state index is 13.4. The largest absolute Gasteiger partial charge is 0.474 e. The van der Waals surface area contributed by atoms with Gasteiger partial charge in [-0.3, -0.25) is 14.0 Å². The van der Waals surface area contributed by atoms with E-state index < -0.39 is 18.2 Å². The number of aromatic nitrogens is 4. The van der Waals surface area contributed by atoms with E-state index >= 15 is 0 Å². The first-order chi connectivity index (χ1) is 16.3.